The minimum Gasteiger partial charge on any atom is -0.367 e. The zero-order valence-corrected chi connectivity index (χ0v) is 10.4. The largest absolute Gasteiger partial charge is 0.416 e. The number of piperidine rings is 1. The van der Waals surface area contributed by atoms with Gasteiger partial charge in [0.1, 0.15) is 0 Å². The van der Waals surface area contributed by atoms with Gasteiger partial charge in [-0.05, 0) is 18.6 Å². The first kappa shape index (κ1) is 13.9. The second-order valence-corrected chi connectivity index (χ2v) is 4.70. The predicted molar refractivity (Wildman–Crippen MR) is 62.0 cm³/mol. The Kier molecular flexibility index (Phi) is 3.30. The Morgan fingerprint density at radius 2 is 2.05 bits per heavy atom. The maximum atomic E-state index is 12.7. The van der Waals surface area contributed by atoms with E-state index < -0.39 is 17.5 Å². The van der Waals surface area contributed by atoms with Crippen LogP contribution in [0.5, 0.6) is 0 Å². The molecule has 104 valence electrons. The molecule has 0 spiro atoms. The van der Waals surface area contributed by atoms with Crippen LogP contribution in [0.1, 0.15) is 30.4 Å². The van der Waals surface area contributed by atoms with Gasteiger partial charge >= 0.3 is 6.18 Å². The smallest absolute Gasteiger partial charge is 0.367 e. The highest BCUT2D eigenvalue weighted by atomic mass is 19.4. The summed E-state index contributed by atoms with van der Waals surface area (Å²) in [6, 6.07) is 4.49. The first-order valence-electron chi connectivity index (χ1n) is 5.92. The van der Waals surface area contributed by atoms with Crippen LogP contribution in [-0.2, 0) is 16.7 Å². The molecule has 1 fully saturated rings. The summed E-state index contributed by atoms with van der Waals surface area (Å²) < 4.78 is 38.0. The van der Waals surface area contributed by atoms with Crippen LogP contribution in [0.2, 0.25) is 0 Å². The number of aliphatic hydroxyl groups is 1. The second-order valence-electron chi connectivity index (χ2n) is 4.70. The topological polar surface area (TPSA) is 40.5 Å². The first-order valence-corrected chi connectivity index (χ1v) is 5.92. The zero-order chi connectivity index (χ0) is 14.3. The summed E-state index contributed by atoms with van der Waals surface area (Å²) in [5.41, 5.74) is -2.39. The lowest BCUT2D eigenvalue weighted by atomic mass is 9.90. The van der Waals surface area contributed by atoms with Gasteiger partial charge in [-0.15, -0.1) is 0 Å². The van der Waals surface area contributed by atoms with Crippen LogP contribution in [0, 0.1) is 0 Å². The van der Waals surface area contributed by atoms with E-state index in [4.69, 9.17) is 0 Å². The van der Waals surface area contributed by atoms with E-state index in [9.17, 15) is 23.1 Å². The summed E-state index contributed by atoms with van der Waals surface area (Å²) in [5, 5.41) is 10.5. The molecule has 0 saturated carbocycles. The summed E-state index contributed by atoms with van der Waals surface area (Å²) >= 11 is 0. The number of hydrogen-bond donors (Lipinski definition) is 1. The van der Waals surface area contributed by atoms with Crippen LogP contribution < -0.4 is 0 Å². The fraction of sp³-hybridized carbons (Fsp3) is 0.462. The molecule has 0 radical (unpaired) electrons. The first-order chi connectivity index (χ1) is 8.75. The van der Waals surface area contributed by atoms with Gasteiger partial charge in [-0.2, -0.15) is 13.2 Å². The Morgan fingerprint density at radius 3 is 2.68 bits per heavy atom. The Morgan fingerprint density at radius 1 is 1.37 bits per heavy atom. The number of alkyl halides is 3. The van der Waals surface area contributed by atoms with E-state index in [0.717, 1.165) is 17.0 Å². The molecule has 1 aromatic rings. The number of hydrogen-bond acceptors (Lipinski definition) is 2. The fourth-order valence-corrected chi connectivity index (χ4v) is 2.31. The third kappa shape index (κ3) is 2.45. The van der Waals surface area contributed by atoms with Gasteiger partial charge < -0.3 is 10.0 Å². The Labute approximate surface area is 108 Å². The highest BCUT2D eigenvalue weighted by Crippen LogP contribution is 2.37. The van der Waals surface area contributed by atoms with E-state index in [-0.39, 0.29) is 17.9 Å². The molecular formula is C13H14F3NO2. The van der Waals surface area contributed by atoms with Gasteiger partial charge in [0, 0.05) is 25.5 Å². The number of likely N-dealkylation sites (tertiary alicyclic amines) is 1. The van der Waals surface area contributed by atoms with Crippen molar-refractivity contribution in [1.82, 2.24) is 4.90 Å². The Balaban J connectivity index is 2.43. The molecule has 1 N–H and O–H groups in total. The summed E-state index contributed by atoms with van der Waals surface area (Å²) in [5.74, 6) is -0.272. The van der Waals surface area contributed by atoms with Crippen molar-refractivity contribution < 1.29 is 23.1 Å². The number of carbonyl (C=O) groups excluding carboxylic acids is 1. The van der Waals surface area contributed by atoms with Crippen LogP contribution in [0.4, 0.5) is 13.2 Å². The van der Waals surface area contributed by atoms with Gasteiger partial charge in [0.05, 0.1) is 5.56 Å². The Hall–Kier alpha value is -1.56. The highest BCUT2D eigenvalue weighted by Gasteiger charge is 2.41. The van der Waals surface area contributed by atoms with E-state index in [0.29, 0.717) is 12.8 Å². The van der Waals surface area contributed by atoms with Crippen molar-refractivity contribution in [2.45, 2.75) is 31.2 Å². The maximum absolute atomic E-state index is 12.7. The lowest BCUT2D eigenvalue weighted by Gasteiger charge is -2.41. The van der Waals surface area contributed by atoms with Crippen molar-refractivity contribution in [3.8, 4) is 0 Å². The van der Waals surface area contributed by atoms with Crippen molar-refractivity contribution in [3.05, 3.63) is 35.4 Å². The van der Waals surface area contributed by atoms with Crippen LogP contribution in [-0.4, -0.2) is 23.0 Å². The van der Waals surface area contributed by atoms with E-state index in [2.05, 4.69) is 0 Å². The molecule has 1 aliphatic heterocycles. The second kappa shape index (κ2) is 4.52. The van der Waals surface area contributed by atoms with Crippen molar-refractivity contribution in [2.75, 3.05) is 7.05 Å². The standard InChI is InChI=1S/C13H14F3NO2/c1-17-11(18)6-3-7-12(17,19)9-4-2-5-10(8-9)13(14,15)16/h2,4-5,8,19H,3,6-7H2,1H3. The molecule has 0 aliphatic carbocycles. The molecule has 2 rings (SSSR count). The van der Waals surface area contributed by atoms with Crippen LogP contribution in [0.25, 0.3) is 0 Å². The normalized spacial score (nSPS) is 24.7. The van der Waals surface area contributed by atoms with Crippen LogP contribution in [0.15, 0.2) is 24.3 Å². The molecule has 1 saturated heterocycles. The van der Waals surface area contributed by atoms with Crippen LogP contribution in [0.3, 0.4) is 0 Å². The molecular weight excluding hydrogens is 259 g/mol. The van der Waals surface area contributed by atoms with E-state index >= 15 is 0 Å². The summed E-state index contributed by atoms with van der Waals surface area (Å²) in [6.07, 6.45) is -3.48. The third-order valence-electron chi connectivity index (χ3n) is 3.50. The average Bonchev–Trinajstić information content (AvgIpc) is 2.35. The van der Waals surface area contributed by atoms with Crippen molar-refractivity contribution in [2.24, 2.45) is 0 Å². The van der Waals surface area contributed by atoms with Crippen LogP contribution >= 0.6 is 0 Å². The van der Waals surface area contributed by atoms with Crippen molar-refractivity contribution in [1.29, 1.82) is 0 Å². The summed E-state index contributed by atoms with van der Waals surface area (Å²) in [6.45, 7) is 0. The molecule has 6 heteroatoms. The zero-order valence-electron chi connectivity index (χ0n) is 10.4. The SMILES string of the molecule is CN1C(=O)CCCC1(O)c1cccc(C(F)(F)F)c1. The molecule has 1 atom stereocenters. The number of benzene rings is 1. The number of carbonyl (C=O) groups is 1. The number of rotatable bonds is 1. The van der Waals surface area contributed by atoms with E-state index in [1.807, 2.05) is 0 Å². The van der Waals surface area contributed by atoms with Crippen molar-refractivity contribution >= 4 is 5.91 Å². The monoisotopic (exact) mass is 273 g/mol. The molecule has 1 unspecified atom stereocenters. The lowest BCUT2D eigenvalue weighted by molar-refractivity contribution is -0.168. The number of amides is 1. The maximum Gasteiger partial charge on any atom is 0.416 e. The van der Waals surface area contributed by atoms with Crippen molar-refractivity contribution in [3.63, 3.8) is 0 Å². The number of halogens is 3. The quantitative estimate of drug-likeness (QED) is 0.854. The molecule has 0 bridgehead atoms. The lowest BCUT2D eigenvalue weighted by Crippen LogP contribution is -2.50. The van der Waals surface area contributed by atoms with Gasteiger partial charge in [0.25, 0.3) is 0 Å². The number of nitrogens with zero attached hydrogens (tertiary/aromatic N) is 1. The molecule has 1 aromatic carbocycles. The molecule has 0 aromatic heterocycles. The Bertz CT molecular complexity index is 501. The van der Waals surface area contributed by atoms with E-state index in [1.165, 1.54) is 19.2 Å². The van der Waals surface area contributed by atoms with Gasteiger partial charge in [-0.3, -0.25) is 4.79 Å². The summed E-state index contributed by atoms with van der Waals surface area (Å²) in [7, 11) is 1.40. The molecule has 19 heavy (non-hydrogen) atoms. The highest BCUT2D eigenvalue weighted by molar-refractivity contribution is 5.77. The molecule has 3 nitrogen and oxygen atoms in total. The predicted octanol–water partition coefficient (Wildman–Crippen LogP) is 2.49. The van der Waals surface area contributed by atoms with Gasteiger partial charge in [-0.25, -0.2) is 0 Å². The minimum atomic E-state index is -4.47. The molecule has 1 amide bonds. The minimum absolute atomic E-state index is 0.0953. The average molecular weight is 273 g/mol. The third-order valence-corrected chi connectivity index (χ3v) is 3.50. The van der Waals surface area contributed by atoms with Gasteiger partial charge in [0.2, 0.25) is 5.91 Å². The molecule has 1 aliphatic rings. The van der Waals surface area contributed by atoms with Gasteiger partial charge in [-0.1, -0.05) is 12.1 Å². The fourth-order valence-electron chi connectivity index (χ4n) is 2.31. The molecule has 1 heterocycles. The summed E-state index contributed by atoms with van der Waals surface area (Å²) in [4.78, 5) is 12.7. The van der Waals surface area contributed by atoms with Gasteiger partial charge in [0.15, 0.2) is 5.72 Å². The van der Waals surface area contributed by atoms with E-state index in [1.54, 1.807) is 0 Å².